The van der Waals surface area contributed by atoms with E-state index in [1.165, 1.54) is 11.1 Å². The maximum absolute atomic E-state index is 9.50. The van der Waals surface area contributed by atoms with E-state index in [2.05, 4.69) is 5.32 Å². The molecule has 1 unspecified atom stereocenters. The van der Waals surface area contributed by atoms with E-state index in [-0.39, 0.29) is 6.10 Å². The third-order valence-corrected chi connectivity index (χ3v) is 3.33. The maximum Gasteiger partial charge on any atom is 0.115 e. The Morgan fingerprint density at radius 2 is 2.33 bits per heavy atom. The molecule has 1 aliphatic carbocycles. The Hall–Kier alpha value is -1.06. The molecule has 2 N–H and O–H groups in total. The van der Waals surface area contributed by atoms with Crippen LogP contribution in [0.15, 0.2) is 18.2 Å². The number of rotatable bonds is 0. The summed E-state index contributed by atoms with van der Waals surface area (Å²) in [5.41, 5.74) is 2.48. The largest absolute Gasteiger partial charge is 0.508 e. The second-order valence-corrected chi connectivity index (χ2v) is 4.27. The highest BCUT2D eigenvalue weighted by Gasteiger charge is 2.32. The molecule has 1 aliphatic heterocycles. The molecule has 1 heterocycles. The van der Waals surface area contributed by atoms with E-state index in [1.54, 1.807) is 6.07 Å². The van der Waals surface area contributed by atoms with Crippen LogP contribution in [0, 0.1) is 0 Å². The lowest BCUT2D eigenvalue weighted by atomic mass is 9.85. The topological polar surface area (TPSA) is 41.5 Å². The summed E-state index contributed by atoms with van der Waals surface area (Å²) in [5.74, 6) is 0.337. The molecular formula is C12H15NO2. The zero-order valence-corrected chi connectivity index (χ0v) is 8.57. The first-order valence-electron chi connectivity index (χ1n) is 5.51. The minimum absolute atomic E-state index is 0.134. The van der Waals surface area contributed by atoms with Gasteiger partial charge in [-0.3, -0.25) is 0 Å². The van der Waals surface area contributed by atoms with E-state index in [4.69, 9.17) is 4.74 Å². The number of phenolic OH excluding ortho intramolecular Hbond substituents is 1. The first kappa shape index (κ1) is 9.19. The number of ether oxygens (including phenoxy) is 1. The van der Waals surface area contributed by atoms with Gasteiger partial charge in [-0.2, -0.15) is 0 Å². The molecule has 1 aromatic carbocycles. The maximum atomic E-state index is 9.50. The minimum atomic E-state index is 0.134. The fraction of sp³-hybridized carbons (Fsp3) is 0.500. The van der Waals surface area contributed by atoms with Gasteiger partial charge in [-0.15, -0.1) is 0 Å². The van der Waals surface area contributed by atoms with Gasteiger partial charge in [0.1, 0.15) is 5.75 Å². The fourth-order valence-electron chi connectivity index (χ4n) is 2.60. The van der Waals surface area contributed by atoms with Gasteiger partial charge in [0.15, 0.2) is 0 Å². The molecule has 80 valence electrons. The first-order valence-corrected chi connectivity index (χ1v) is 5.51. The van der Waals surface area contributed by atoms with Crippen LogP contribution in [0.25, 0.3) is 0 Å². The number of hydrogen-bond donors (Lipinski definition) is 2. The summed E-state index contributed by atoms with van der Waals surface area (Å²) in [6.45, 7) is 1.70. The predicted molar refractivity (Wildman–Crippen MR) is 56.9 cm³/mol. The van der Waals surface area contributed by atoms with Gasteiger partial charge in [0.2, 0.25) is 0 Å². The normalized spacial score (nSPS) is 29.3. The van der Waals surface area contributed by atoms with Crippen LogP contribution < -0.4 is 5.32 Å². The van der Waals surface area contributed by atoms with Gasteiger partial charge in [0.25, 0.3) is 0 Å². The molecule has 0 aromatic heterocycles. The van der Waals surface area contributed by atoms with Crippen molar-refractivity contribution in [1.82, 2.24) is 5.32 Å². The summed E-state index contributed by atoms with van der Waals surface area (Å²) in [7, 11) is 0. The molecule has 0 saturated carbocycles. The van der Waals surface area contributed by atoms with Crippen LogP contribution in [0.4, 0.5) is 0 Å². The third kappa shape index (κ3) is 1.52. The molecule has 0 spiro atoms. The average molecular weight is 205 g/mol. The summed E-state index contributed by atoms with van der Waals surface area (Å²) < 4.78 is 5.79. The highest BCUT2D eigenvalue weighted by Crippen LogP contribution is 2.35. The predicted octanol–water partition coefficient (Wildman–Crippen LogP) is 1.37. The van der Waals surface area contributed by atoms with Crippen molar-refractivity contribution in [2.24, 2.45) is 0 Å². The third-order valence-electron chi connectivity index (χ3n) is 3.33. The van der Waals surface area contributed by atoms with E-state index in [1.807, 2.05) is 12.1 Å². The molecule has 1 saturated heterocycles. The Kier molecular flexibility index (Phi) is 2.15. The number of fused-ring (bicyclic) bond motifs is 3. The molecule has 2 aliphatic rings. The van der Waals surface area contributed by atoms with E-state index in [9.17, 15) is 5.11 Å². The van der Waals surface area contributed by atoms with Gasteiger partial charge in [-0.25, -0.2) is 0 Å². The molecule has 3 heteroatoms. The number of morpholine rings is 1. The highest BCUT2D eigenvalue weighted by molar-refractivity contribution is 5.39. The number of nitrogens with one attached hydrogen (secondary N) is 1. The van der Waals surface area contributed by atoms with Crippen LogP contribution >= 0.6 is 0 Å². The van der Waals surface area contributed by atoms with E-state index >= 15 is 0 Å². The standard InChI is InChI=1S/C12H15NO2/c14-9-3-1-8-2-4-11-12(10(8)7-9)15-6-5-13-11/h1,3,7,11-14H,2,4-6H2/t11-,12?/m0/s1. The van der Waals surface area contributed by atoms with Crippen molar-refractivity contribution in [1.29, 1.82) is 0 Å². The van der Waals surface area contributed by atoms with Crippen molar-refractivity contribution in [3.63, 3.8) is 0 Å². The molecule has 1 fully saturated rings. The number of aromatic hydroxyl groups is 1. The van der Waals surface area contributed by atoms with Crippen LogP contribution in [-0.4, -0.2) is 24.3 Å². The van der Waals surface area contributed by atoms with Crippen LogP contribution in [-0.2, 0) is 11.2 Å². The van der Waals surface area contributed by atoms with Gasteiger partial charge in [-0.05, 0) is 36.1 Å². The molecule has 15 heavy (non-hydrogen) atoms. The van der Waals surface area contributed by atoms with Gasteiger partial charge in [-0.1, -0.05) is 6.07 Å². The number of hydrogen-bond acceptors (Lipinski definition) is 3. The number of benzene rings is 1. The van der Waals surface area contributed by atoms with Crippen LogP contribution in [0.2, 0.25) is 0 Å². The lowest BCUT2D eigenvalue weighted by Gasteiger charge is -2.37. The second kappa shape index (κ2) is 3.51. The lowest BCUT2D eigenvalue weighted by molar-refractivity contribution is -0.0128. The molecule has 0 bridgehead atoms. The van der Waals surface area contributed by atoms with Gasteiger partial charge in [0, 0.05) is 12.6 Å². The Bertz CT molecular complexity index is 378. The fourth-order valence-corrected chi connectivity index (χ4v) is 2.60. The van der Waals surface area contributed by atoms with Crippen LogP contribution in [0.3, 0.4) is 0 Å². The van der Waals surface area contributed by atoms with Crippen molar-refractivity contribution in [2.45, 2.75) is 25.0 Å². The summed E-state index contributed by atoms with van der Waals surface area (Å²) in [6, 6.07) is 6.04. The molecule has 1 aromatic rings. The van der Waals surface area contributed by atoms with Crippen molar-refractivity contribution in [3.8, 4) is 5.75 Å². The van der Waals surface area contributed by atoms with Crippen molar-refractivity contribution in [3.05, 3.63) is 29.3 Å². The number of phenols is 1. The summed E-state index contributed by atoms with van der Waals surface area (Å²) in [5, 5.41) is 13.0. The molecule has 0 radical (unpaired) electrons. The zero-order chi connectivity index (χ0) is 10.3. The highest BCUT2D eigenvalue weighted by atomic mass is 16.5. The van der Waals surface area contributed by atoms with Gasteiger partial charge < -0.3 is 15.2 Å². The smallest absolute Gasteiger partial charge is 0.115 e. The lowest BCUT2D eigenvalue weighted by Crippen LogP contribution is -2.45. The summed E-state index contributed by atoms with van der Waals surface area (Å²) in [6.07, 6.45) is 2.34. The average Bonchev–Trinajstić information content (AvgIpc) is 2.29. The Morgan fingerprint density at radius 1 is 1.40 bits per heavy atom. The van der Waals surface area contributed by atoms with E-state index in [0.29, 0.717) is 11.8 Å². The Balaban J connectivity index is 2.01. The first-order chi connectivity index (χ1) is 7.34. The molecule has 2 atom stereocenters. The second-order valence-electron chi connectivity index (χ2n) is 4.27. The van der Waals surface area contributed by atoms with E-state index < -0.39 is 0 Å². The molecule has 0 amide bonds. The monoisotopic (exact) mass is 205 g/mol. The molecule has 3 nitrogen and oxygen atoms in total. The Morgan fingerprint density at radius 3 is 3.27 bits per heavy atom. The van der Waals surface area contributed by atoms with Crippen molar-refractivity contribution < 1.29 is 9.84 Å². The minimum Gasteiger partial charge on any atom is -0.508 e. The quantitative estimate of drug-likeness (QED) is 0.672. The summed E-state index contributed by atoms with van der Waals surface area (Å²) in [4.78, 5) is 0. The van der Waals surface area contributed by atoms with Gasteiger partial charge in [0.05, 0.1) is 12.7 Å². The number of aryl methyl sites for hydroxylation is 1. The van der Waals surface area contributed by atoms with Crippen molar-refractivity contribution >= 4 is 0 Å². The van der Waals surface area contributed by atoms with E-state index in [0.717, 1.165) is 26.0 Å². The summed E-state index contributed by atoms with van der Waals surface area (Å²) >= 11 is 0. The zero-order valence-electron chi connectivity index (χ0n) is 8.57. The molecule has 3 rings (SSSR count). The molecular weight excluding hydrogens is 190 g/mol. The van der Waals surface area contributed by atoms with Crippen LogP contribution in [0.5, 0.6) is 5.75 Å². The SMILES string of the molecule is Oc1ccc2c(c1)C1OCCN[C@H]1CC2. The van der Waals surface area contributed by atoms with Crippen molar-refractivity contribution in [2.75, 3.05) is 13.2 Å². The Labute approximate surface area is 89.1 Å². The van der Waals surface area contributed by atoms with Gasteiger partial charge >= 0.3 is 0 Å². The van der Waals surface area contributed by atoms with Crippen LogP contribution in [0.1, 0.15) is 23.7 Å².